The Kier molecular flexibility index (Phi) is 6.16. The molecule has 2 heteroatoms. The van der Waals surface area contributed by atoms with Crippen molar-refractivity contribution in [2.75, 3.05) is 6.61 Å². The lowest BCUT2D eigenvalue weighted by Crippen LogP contribution is -2.33. The minimum absolute atomic E-state index is 0.278. The van der Waals surface area contributed by atoms with Crippen LogP contribution >= 0.6 is 0 Å². The number of benzene rings is 1. The average molecular weight is 304 g/mol. The molecule has 1 fully saturated rings. The van der Waals surface area contributed by atoms with Gasteiger partial charge >= 0.3 is 0 Å². The summed E-state index contributed by atoms with van der Waals surface area (Å²) >= 11 is 0. The van der Waals surface area contributed by atoms with E-state index in [4.69, 9.17) is 4.74 Å². The van der Waals surface area contributed by atoms with Crippen LogP contribution in [0.2, 0.25) is 0 Å². The molecule has 0 saturated heterocycles. The molecule has 1 N–H and O–H groups in total. The SMILES string of the molecule is CCC(CC)(CC)C1CCC(COc2cccc(O)c2)CC1. The van der Waals surface area contributed by atoms with Crippen LogP contribution in [0.5, 0.6) is 11.5 Å². The molecular weight excluding hydrogens is 272 g/mol. The summed E-state index contributed by atoms with van der Waals surface area (Å²) in [6.07, 6.45) is 9.21. The second kappa shape index (κ2) is 7.89. The molecule has 0 heterocycles. The van der Waals surface area contributed by atoms with Crippen molar-refractivity contribution in [1.82, 2.24) is 0 Å². The number of ether oxygens (including phenoxy) is 1. The Bertz CT molecular complexity index is 435. The molecule has 0 aromatic heterocycles. The van der Waals surface area contributed by atoms with E-state index in [0.29, 0.717) is 11.3 Å². The molecule has 0 spiro atoms. The quantitative estimate of drug-likeness (QED) is 0.690. The van der Waals surface area contributed by atoms with Crippen LogP contribution in [0.4, 0.5) is 0 Å². The van der Waals surface area contributed by atoms with E-state index in [1.54, 1.807) is 12.1 Å². The van der Waals surface area contributed by atoms with Gasteiger partial charge in [0.15, 0.2) is 0 Å². The van der Waals surface area contributed by atoms with Gasteiger partial charge in [-0.3, -0.25) is 0 Å². The van der Waals surface area contributed by atoms with Gasteiger partial charge in [-0.1, -0.05) is 46.1 Å². The fraction of sp³-hybridized carbons (Fsp3) is 0.700. The largest absolute Gasteiger partial charge is 0.508 e. The zero-order chi connectivity index (χ0) is 16.0. The predicted octanol–water partition coefficient (Wildman–Crippen LogP) is 5.79. The normalized spacial score (nSPS) is 22.5. The maximum absolute atomic E-state index is 9.48. The molecule has 0 unspecified atom stereocenters. The van der Waals surface area contributed by atoms with E-state index < -0.39 is 0 Å². The highest BCUT2D eigenvalue weighted by atomic mass is 16.5. The summed E-state index contributed by atoms with van der Waals surface area (Å²) in [7, 11) is 0. The van der Waals surface area contributed by atoms with Crippen LogP contribution in [0.25, 0.3) is 0 Å². The molecular formula is C20H32O2. The molecule has 1 saturated carbocycles. The van der Waals surface area contributed by atoms with E-state index in [1.807, 2.05) is 12.1 Å². The topological polar surface area (TPSA) is 29.5 Å². The minimum Gasteiger partial charge on any atom is -0.508 e. The highest BCUT2D eigenvalue weighted by molar-refractivity contribution is 5.31. The van der Waals surface area contributed by atoms with Gasteiger partial charge in [0.2, 0.25) is 0 Å². The Balaban J connectivity index is 1.82. The van der Waals surface area contributed by atoms with E-state index in [0.717, 1.165) is 18.3 Å². The zero-order valence-electron chi connectivity index (χ0n) is 14.5. The Hall–Kier alpha value is -1.18. The van der Waals surface area contributed by atoms with Crippen molar-refractivity contribution < 1.29 is 9.84 Å². The summed E-state index contributed by atoms with van der Waals surface area (Å²) in [6.45, 7) is 7.88. The Morgan fingerprint density at radius 2 is 1.68 bits per heavy atom. The predicted molar refractivity (Wildman–Crippen MR) is 92.4 cm³/mol. The summed E-state index contributed by atoms with van der Waals surface area (Å²) < 4.78 is 5.87. The van der Waals surface area contributed by atoms with Gasteiger partial charge in [0, 0.05) is 6.07 Å². The van der Waals surface area contributed by atoms with Gasteiger partial charge in [-0.2, -0.15) is 0 Å². The van der Waals surface area contributed by atoms with Gasteiger partial charge in [0.05, 0.1) is 6.61 Å². The minimum atomic E-state index is 0.278. The lowest BCUT2D eigenvalue weighted by atomic mass is 9.63. The number of phenols is 1. The van der Waals surface area contributed by atoms with E-state index in [-0.39, 0.29) is 5.75 Å². The zero-order valence-corrected chi connectivity index (χ0v) is 14.5. The van der Waals surface area contributed by atoms with Gasteiger partial charge in [-0.05, 0) is 55.1 Å². The molecule has 0 atom stereocenters. The summed E-state index contributed by atoms with van der Waals surface area (Å²) in [5.41, 5.74) is 0.567. The van der Waals surface area contributed by atoms with Crippen molar-refractivity contribution in [2.24, 2.45) is 17.3 Å². The van der Waals surface area contributed by atoms with Crippen molar-refractivity contribution in [1.29, 1.82) is 0 Å². The van der Waals surface area contributed by atoms with Crippen molar-refractivity contribution in [3.05, 3.63) is 24.3 Å². The highest BCUT2D eigenvalue weighted by Crippen LogP contribution is 2.47. The average Bonchev–Trinajstić information content (AvgIpc) is 2.56. The first kappa shape index (κ1) is 17.2. The second-order valence-electron chi connectivity index (χ2n) is 6.95. The molecule has 22 heavy (non-hydrogen) atoms. The fourth-order valence-electron chi connectivity index (χ4n) is 4.34. The van der Waals surface area contributed by atoms with Gasteiger partial charge in [0.25, 0.3) is 0 Å². The van der Waals surface area contributed by atoms with Crippen molar-refractivity contribution in [2.45, 2.75) is 65.7 Å². The monoisotopic (exact) mass is 304 g/mol. The maximum Gasteiger partial charge on any atom is 0.122 e. The first-order valence-electron chi connectivity index (χ1n) is 9.05. The lowest BCUT2D eigenvalue weighted by molar-refractivity contribution is 0.0705. The van der Waals surface area contributed by atoms with Gasteiger partial charge in [0.1, 0.15) is 11.5 Å². The van der Waals surface area contributed by atoms with Crippen LogP contribution in [0.1, 0.15) is 65.7 Å². The number of aromatic hydroxyl groups is 1. The molecule has 0 aliphatic heterocycles. The molecule has 2 nitrogen and oxygen atoms in total. The maximum atomic E-state index is 9.48. The van der Waals surface area contributed by atoms with Gasteiger partial charge < -0.3 is 9.84 Å². The fourth-order valence-corrected chi connectivity index (χ4v) is 4.34. The second-order valence-corrected chi connectivity index (χ2v) is 6.95. The van der Waals surface area contributed by atoms with Crippen LogP contribution in [0.15, 0.2) is 24.3 Å². The van der Waals surface area contributed by atoms with Crippen molar-refractivity contribution in [3.63, 3.8) is 0 Å². The van der Waals surface area contributed by atoms with Gasteiger partial charge in [-0.15, -0.1) is 0 Å². The molecule has 1 aliphatic carbocycles. The molecule has 1 aliphatic rings. The van der Waals surface area contributed by atoms with E-state index in [1.165, 1.54) is 44.9 Å². The number of phenolic OH excluding ortho intramolecular Hbond substituents is 1. The van der Waals surface area contributed by atoms with E-state index in [2.05, 4.69) is 20.8 Å². The highest BCUT2D eigenvalue weighted by Gasteiger charge is 2.36. The third-order valence-electron chi connectivity index (χ3n) is 6.13. The van der Waals surface area contributed by atoms with E-state index >= 15 is 0 Å². The molecule has 124 valence electrons. The standard InChI is InChI=1S/C20H32O2/c1-4-20(5-2,6-3)17-12-10-16(11-13-17)15-22-19-9-7-8-18(21)14-19/h7-9,14,16-17,21H,4-6,10-13,15H2,1-3H3. The van der Waals surface area contributed by atoms with Crippen LogP contribution in [-0.2, 0) is 0 Å². The smallest absolute Gasteiger partial charge is 0.122 e. The Morgan fingerprint density at radius 1 is 1.05 bits per heavy atom. The number of rotatable bonds is 7. The Labute approximate surface area is 135 Å². The Morgan fingerprint density at radius 3 is 2.23 bits per heavy atom. The lowest BCUT2D eigenvalue weighted by Gasteiger charge is -2.43. The number of hydrogen-bond acceptors (Lipinski definition) is 2. The first-order valence-corrected chi connectivity index (χ1v) is 9.05. The molecule has 0 bridgehead atoms. The molecule has 1 aromatic carbocycles. The van der Waals surface area contributed by atoms with Crippen molar-refractivity contribution in [3.8, 4) is 11.5 Å². The summed E-state index contributed by atoms with van der Waals surface area (Å²) in [6, 6.07) is 7.13. The first-order chi connectivity index (χ1) is 10.6. The third-order valence-corrected chi connectivity index (χ3v) is 6.13. The van der Waals surface area contributed by atoms with Crippen molar-refractivity contribution >= 4 is 0 Å². The van der Waals surface area contributed by atoms with Crippen LogP contribution in [0.3, 0.4) is 0 Å². The third kappa shape index (κ3) is 3.97. The van der Waals surface area contributed by atoms with Crippen LogP contribution in [-0.4, -0.2) is 11.7 Å². The summed E-state index contributed by atoms with van der Waals surface area (Å²) in [5.74, 6) is 2.62. The summed E-state index contributed by atoms with van der Waals surface area (Å²) in [5, 5.41) is 9.48. The molecule has 0 amide bonds. The van der Waals surface area contributed by atoms with Crippen LogP contribution in [0, 0.1) is 17.3 Å². The molecule has 0 radical (unpaired) electrons. The molecule has 2 rings (SSSR count). The van der Waals surface area contributed by atoms with Crippen LogP contribution < -0.4 is 4.74 Å². The van der Waals surface area contributed by atoms with E-state index in [9.17, 15) is 5.11 Å². The number of hydrogen-bond donors (Lipinski definition) is 1. The summed E-state index contributed by atoms with van der Waals surface area (Å²) in [4.78, 5) is 0. The van der Waals surface area contributed by atoms with Gasteiger partial charge in [-0.25, -0.2) is 0 Å². The molecule has 1 aromatic rings.